The maximum Gasteiger partial charge on any atom is 0.263 e. The molecular formula is C15H17F2N3. The molecule has 3 nitrogen and oxygen atoms in total. The molecule has 20 heavy (non-hydrogen) atoms. The number of aromatic nitrogens is 2. The normalized spacial score (nSPS) is 11.0. The van der Waals surface area contributed by atoms with Gasteiger partial charge in [-0.05, 0) is 0 Å². The van der Waals surface area contributed by atoms with Crippen LogP contribution in [0.15, 0.2) is 36.9 Å². The van der Waals surface area contributed by atoms with Gasteiger partial charge in [-0.15, -0.1) is 6.58 Å². The molecule has 106 valence electrons. The Labute approximate surface area is 116 Å². The Balaban J connectivity index is 2.44. The number of imidazole rings is 1. The summed E-state index contributed by atoms with van der Waals surface area (Å²) >= 11 is 0. The van der Waals surface area contributed by atoms with Crippen LogP contribution in [-0.4, -0.2) is 9.55 Å². The van der Waals surface area contributed by atoms with E-state index in [0.717, 1.165) is 17.8 Å². The van der Waals surface area contributed by atoms with Crippen molar-refractivity contribution in [2.75, 3.05) is 5.73 Å². The van der Waals surface area contributed by atoms with E-state index >= 15 is 0 Å². The van der Waals surface area contributed by atoms with Crippen LogP contribution < -0.4 is 5.73 Å². The van der Waals surface area contributed by atoms with E-state index in [0.29, 0.717) is 18.1 Å². The fourth-order valence-corrected chi connectivity index (χ4v) is 2.12. The summed E-state index contributed by atoms with van der Waals surface area (Å²) in [4.78, 5) is 4.49. The van der Waals surface area contributed by atoms with E-state index in [1.165, 1.54) is 12.1 Å². The molecule has 5 heteroatoms. The van der Waals surface area contributed by atoms with E-state index in [1.807, 2.05) is 11.5 Å². The van der Waals surface area contributed by atoms with Gasteiger partial charge >= 0.3 is 0 Å². The minimum atomic E-state index is -2.47. The summed E-state index contributed by atoms with van der Waals surface area (Å²) in [6.45, 7) is 6.27. The zero-order valence-corrected chi connectivity index (χ0v) is 11.3. The number of rotatable bonds is 5. The van der Waals surface area contributed by atoms with Crippen molar-refractivity contribution >= 4 is 5.82 Å². The molecule has 0 radical (unpaired) electrons. The van der Waals surface area contributed by atoms with Crippen LogP contribution in [0.4, 0.5) is 14.6 Å². The standard InChI is InChI=1S/C15H17F2N3/c1-3-9-20-12(4-2)19-13(15(20)18)10-5-7-11(8-6-10)14(16)17/h3,5-8,14H,1,4,9,18H2,2H3. The van der Waals surface area contributed by atoms with Crippen LogP contribution in [0.2, 0.25) is 0 Å². The average molecular weight is 277 g/mol. The zero-order chi connectivity index (χ0) is 14.7. The summed E-state index contributed by atoms with van der Waals surface area (Å²) in [5.41, 5.74) is 7.46. The maximum absolute atomic E-state index is 12.5. The Morgan fingerprint density at radius 2 is 2.00 bits per heavy atom. The van der Waals surface area contributed by atoms with Gasteiger partial charge in [0, 0.05) is 24.1 Å². The largest absolute Gasteiger partial charge is 0.383 e. The van der Waals surface area contributed by atoms with Crippen LogP contribution in [0.5, 0.6) is 0 Å². The zero-order valence-electron chi connectivity index (χ0n) is 11.3. The van der Waals surface area contributed by atoms with Gasteiger partial charge in [0.25, 0.3) is 6.43 Å². The third-order valence-electron chi connectivity index (χ3n) is 3.15. The van der Waals surface area contributed by atoms with E-state index in [1.54, 1.807) is 18.2 Å². The number of nitrogens with zero attached hydrogens (tertiary/aromatic N) is 2. The molecule has 0 saturated heterocycles. The first-order valence-corrected chi connectivity index (χ1v) is 6.42. The molecule has 0 aliphatic heterocycles. The fraction of sp³-hybridized carbons (Fsp3) is 0.267. The van der Waals surface area contributed by atoms with E-state index in [9.17, 15) is 8.78 Å². The summed E-state index contributed by atoms with van der Waals surface area (Å²) < 4.78 is 27.0. The van der Waals surface area contributed by atoms with Crippen LogP contribution in [-0.2, 0) is 13.0 Å². The van der Waals surface area contributed by atoms with Gasteiger partial charge in [0.05, 0.1) is 0 Å². The van der Waals surface area contributed by atoms with Gasteiger partial charge in [-0.1, -0.05) is 37.3 Å². The molecule has 0 spiro atoms. The molecule has 0 saturated carbocycles. The minimum absolute atomic E-state index is 0.00596. The monoisotopic (exact) mass is 277 g/mol. The summed E-state index contributed by atoms with van der Waals surface area (Å²) in [5, 5.41) is 0. The number of nitrogen functional groups attached to an aromatic ring is 1. The van der Waals surface area contributed by atoms with E-state index < -0.39 is 6.43 Å². The number of hydrogen-bond donors (Lipinski definition) is 1. The van der Waals surface area contributed by atoms with Gasteiger partial charge in [0.15, 0.2) is 0 Å². The van der Waals surface area contributed by atoms with Gasteiger partial charge in [-0.25, -0.2) is 13.8 Å². The van der Waals surface area contributed by atoms with Crippen molar-refractivity contribution in [3.05, 3.63) is 48.3 Å². The topological polar surface area (TPSA) is 43.8 Å². The third-order valence-corrected chi connectivity index (χ3v) is 3.15. The van der Waals surface area contributed by atoms with Crippen LogP contribution in [0.3, 0.4) is 0 Å². The van der Waals surface area contributed by atoms with Crippen molar-refractivity contribution in [3.8, 4) is 11.3 Å². The Hall–Kier alpha value is -2.17. The number of benzene rings is 1. The smallest absolute Gasteiger partial charge is 0.263 e. The van der Waals surface area contributed by atoms with E-state index in [4.69, 9.17) is 5.73 Å². The second-order valence-electron chi connectivity index (χ2n) is 4.44. The predicted octanol–water partition coefficient (Wildman–Crippen LogP) is 3.82. The Morgan fingerprint density at radius 1 is 1.35 bits per heavy atom. The van der Waals surface area contributed by atoms with Gasteiger partial charge in [0.1, 0.15) is 17.3 Å². The summed E-state index contributed by atoms with van der Waals surface area (Å²) in [6.07, 6.45) is 0.0273. The lowest BCUT2D eigenvalue weighted by Gasteiger charge is -2.05. The second kappa shape index (κ2) is 5.86. The first-order chi connectivity index (χ1) is 9.58. The van der Waals surface area contributed by atoms with Crippen molar-refractivity contribution in [1.82, 2.24) is 9.55 Å². The Bertz CT molecular complexity index is 600. The lowest BCUT2D eigenvalue weighted by Crippen LogP contribution is -2.05. The lowest BCUT2D eigenvalue weighted by molar-refractivity contribution is 0.151. The molecule has 0 amide bonds. The summed E-state index contributed by atoms with van der Waals surface area (Å²) in [6, 6.07) is 6.05. The third kappa shape index (κ3) is 2.57. The number of alkyl halides is 2. The van der Waals surface area contributed by atoms with Crippen LogP contribution >= 0.6 is 0 Å². The fourth-order valence-electron chi connectivity index (χ4n) is 2.12. The molecule has 0 bridgehead atoms. The highest BCUT2D eigenvalue weighted by atomic mass is 19.3. The van der Waals surface area contributed by atoms with Crippen molar-refractivity contribution < 1.29 is 8.78 Å². The molecule has 2 aromatic rings. The van der Waals surface area contributed by atoms with Crippen molar-refractivity contribution in [2.45, 2.75) is 26.3 Å². The first-order valence-electron chi connectivity index (χ1n) is 6.42. The van der Waals surface area contributed by atoms with Gasteiger partial charge in [-0.3, -0.25) is 0 Å². The molecule has 0 fully saturated rings. The Kier molecular flexibility index (Phi) is 4.17. The highest BCUT2D eigenvalue weighted by molar-refractivity contribution is 5.71. The molecule has 0 unspecified atom stereocenters. The van der Waals surface area contributed by atoms with Crippen LogP contribution in [0.25, 0.3) is 11.3 Å². The molecule has 1 aromatic carbocycles. The molecular weight excluding hydrogens is 260 g/mol. The van der Waals surface area contributed by atoms with Gasteiger partial charge in [0.2, 0.25) is 0 Å². The number of allylic oxidation sites excluding steroid dienone is 1. The number of aryl methyl sites for hydroxylation is 1. The van der Waals surface area contributed by atoms with Gasteiger partial charge < -0.3 is 10.3 Å². The number of anilines is 1. The number of halogens is 2. The highest BCUT2D eigenvalue weighted by Crippen LogP contribution is 2.28. The molecule has 0 atom stereocenters. The van der Waals surface area contributed by atoms with Crippen LogP contribution in [0.1, 0.15) is 24.7 Å². The second-order valence-corrected chi connectivity index (χ2v) is 4.44. The van der Waals surface area contributed by atoms with Crippen molar-refractivity contribution in [2.24, 2.45) is 0 Å². The molecule has 0 aliphatic carbocycles. The van der Waals surface area contributed by atoms with Gasteiger partial charge in [-0.2, -0.15) is 0 Å². The number of hydrogen-bond acceptors (Lipinski definition) is 2. The lowest BCUT2D eigenvalue weighted by atomic mass is 10.1. The van der Waals surface area contributed by atoms with Crippen molar-refractivity contribution in [3.63, 3.8) is 0 Å². The molecule has 2 N–H and O–H groups in total. The van der Waals surface area contributed by atoms with Crippen molar-refractivity contribution in [1.29, 1.82) is 0 Å². The number of nitrogens with two attached hydrogens (primary N) is 1. The molecule has 1 heterocycles. The molecule has 1 aromatic heterocycles. The highest BCUT2D eigenvalue weighted by Gasteiger charge is 2.15. The Morgan fingerprint density at radius 3 is 2.50 bits per heavy atom. The molecule has 2 rings (SSSR count). The predicted molar refractivity (Wildman–Crippen MR) is 76.6 cm³/mol. The summed E-state index contributed by atoms with van der Waals surface area (Å²) in [5.74, 6) is 1.39. The SMILES string of the molecule is C=CCn1c(CC)nc(-c2ccc(C(F)F)cc2)c1N. The average Bonchev–Trinajstić information content (AvgIpc) is 2.76. The van der Waals surface area contributed by atoms with E-state index in [-0.39, 0.29) is 5.56 Å². The van der Waals surface area contributed by atoms with Crippen LogP contribution in [0, 0.1) is 0 Å². The van der Waals surface area contributed by atoms with E-state index in [2.05, 4.69) is 11.6 Å². The summed E-state index contributed by atoms with van der Waals surface area (Å²) in [7, 11) is 0. The maximum atomic E-state index is 12.5. The first kappa shape index (κ1) is 14.2. The minimum Gasteiger partial charge on any atom is -0.383 e. The molecule has 0 aliphatic rings. The quantitative estimate of drug-likeness (QED) is 0.844.